The van der Waals surface area contributed by atoms with Crippen LogP contribution in [0.1, 0.15) is 49.3 Å². The number of methoxy groups -OCH3 is 1. The van der Waals surface area contributed by atoms with Gasteiger partial charge >= 0.3 is 0 Å². The summed E-state index contributed by atoms with van der Waals surface area (Å²) < 4.78 is 22.6. The molecule has 2 aromatic heterocycles. The number of fused-ring (bicyclic) bond motifs is 1. The fourth-order valence-corrected chi connectivity index (χ4v) is 5.86. The quantitative estimate of drug-likeness (QED) is 0.251. The highest BCUT2D eigenvalue weighted by atomic mass is 19.1. The number of halogens is 1. The highest BCUT2D eigenvalue weighted by molar-refractivity contribution is 6.03. The molecular formula is C32H32FN7O3. The molecule has 10 nitrogen and oxygen atoms in total. The fraction of sp³-hybridized carbons (Fsp3) is 0.281. The Morgan fingerprint density at radius 3 is 2.65 bits per heavy atom. The number of ether oxygens (including phenoxy) is 1. The Bertz CT molecular complexity index is 1730. The largest absolute Gasteiger partial charge is 0.494 e. The zero-order chi connectivity index (χ0) is 29.8. The van der Waals surface area contributed by atoms with E-state index in [1.807, 2.05) is 24.3 Å². The lowest BCUT2D eigenvalue weighted by molar-refractivity contribution is -0.127. The highest BCUT2D eigenvalue weighted by Gasteiger charge is 2.36. The minimum atomic E-state index is -1.27. The second kappa shape index (κ2) is 12.4. The van der Waals surface area contributed by atoms with E-state index in [2.05, 4.69) is 25.8 Å². The van der Waals surface area contributed by atoms with Gasteiger partial charge in [-0.15, -0.1) is 5.10 Å². The van der Waals surface area contributed by atoms with E-state index in [1.165, 1.54) is 29.1 Å². The number of carbonyl (C=O) groups is 2. The van der Waals surface area contributed by atoms with E-state index in [1.54, 1.807) is 42.6 Å². The lowest BCUT2D eigenvalue weighted by Crippen LogP contribution is -2.48. The van der Waals surface area contributed by atoms with Crippen LogP contribution in [0.3, 0.4) is 0 Å². The number of rotatable bonds is 9. The minimum absolute atomic E-state index is 0.0251. The summed E-state index contributed by atoms with van der Waals surface area (Å²) in [5, 5.41) is 15.4. The number of aromatic amines is 1. The monoisotopic (exact) mass is 581 g/mol. The first-order valence-electron chi connectivity index (χ1n) is 14.4. The van der Waals surface area contributed by atoms with Crippen LogP contribution in [0.25, 0.3) is 16.6 Å². The van der Waals surface area contributed by atoms with Crippen LogP contribution in [0.5, 0.6) is 5.75 Å². The first-order valence-corrected chi connectivity index (χ1v) is 14.4. The molecule has 2 N–H and O–H groups in total. The van der Waals surface area contributed by atoms with Gasteiger partial charge in [-0.1, -0.05) is 55.7 Å². The number of carbonyl (C=O) groups excluding carboxylic acids is 2. The molecule has 220 valence electrons. The molecule has 0 spiro atoms. The van der Waals surface area contributed by atoms with Crippen molar-refractivity contribution in [1.82, 2.24) is 30.5 Å². The summed E-state index contributed by atoms with van der Waals surface area (Å²) in [6.45, 7) is 0. The van der Waals surface area contributed by atoms with Gasteiger partial charge in [0, 0.05) is 40.5 Å². The number of aromatic nitrogens is 5. The van der Waals surface area contributed by atoms with Gasteiger partial charge in [0.2, 0.25) is 11.8 Å². The maximum atomic E-state index is 15.5. The van der Waals surface area contributed by atoms with Crippen LogP contribution in [0.2, 0.25) is 0 Å². The number of nitrogens with zero attached hydrogens (tertiary/aromatic N) is 5. The molecule has 11 heteroatoms. The molecule has 1 aliphatic carbocycles. The number of para-hydroxylation sites is 1. The summed E-state index contributed by atoms with van der Waals surface area (Å²) in [5.41, 5.74) is 2.67. The van der Waals surface area contributed by atoms with Crippen molar-refractivity contribution in [3.05, 3.63) is 96.2 Å². The SMILES string of the molecule is COc1cc(N(C(=O)Cc2c[nH]c3ccccc23)C(C(=O)NC2CCCCC2)c2ccccc2F)ccc1-n1cnnn1. The summed E-state index contributed by atoms with van der Waals surface area (Å²) in [6.07, 6.45) is 8.01. The molecule has 6 rings (SSSR count). The normalized spacial score (nSPS) is 14.4. The minimum Gasteiger partial charge on any atom is -0.494 e. The third-order valence-corrected chi connectivity index (χ3v) is 7.98. The number of H-pyrrole nitrogens is 1. The van der Waals surface area contributed by atoms with Crippen molar-refractivity contribution in [3.63, 3.8) is 0 Å². The predicted octanol–water partition coefficient (Wildman–Crippen LogP) is 5.06. The molecule has 43 heavy (non-hydrogen) atoms. The van der Waals surface area contributed by atoms with Gasteiger partial charge in [-0.25, -0.2) is 4.39 Å². The van der Waals surface area contributed by atoms with E-state index >= 15 is 4.39 Å². The second-order valence-electron chi connectivity index (χ2n) is 10.7. The Morgan fingerprint density at radius 1 is 1.09 bits per heavy atom. The van der Waals surface area contributed by atoms with Crippen LogP contribution < -0.4 is 15.0 Å². The maximum absolute atomic E-state index is 15.5. The summed E-state index contributed by atoms with van der Waals surface area (Å²) >= 11 is 0. The van der Waals surface area contributed by atoms with Crippen LogP contribution in [-0.4, -0.2) is 50.2 Å². The number of tetrazole rings is 1. The number of anilines is 1. The van der Waals surface area contributed by atoms with Gasteiger partial charge in [-0.2, -0.15) is 4.68 Å². The van der Waals surface area contributed by atoms with Crippen molar-refractivity contribution < 1.29 is 18.7 Å². The first-order chi connectivity index (χ1) is 21.0. The van der Waals surface area contributed by atoms with E-state index in [4.69, 9.17) is 4.74 Å². The zero-order valence-electron chi connectivity index (χ0n) is 23.7. The van der Waals surface area contributed by atoms with Crippen molar-refractivity contribution in [2.24, 2.45) is 0 Å². The average molecular weight is 582 g/mol. The molecule has 2 heterocycles. The van der Waals surface area contributed by atoms with Crippen molar-refractivity contribution in [1.29, 1.82) is 0 Å². The van der Waals surface area contributed by atoms with Gasteiger partial charge in [-0.05, 0) is 53.1 Å². The number of hydrogen-bond acceptors (Lipinski definition) is 6. The van der Waals surface area contributed by atoms with Crippen LogP contribution in [0, 0.1) is 5.82 Å². The van der Waals surface area contributed by atoms with Gasteiger partial charge < -0.3 is 15.0 Å². The number of nitrogens with one attached hydrogen (secondary N) is 2. The smallest absolute Gasteiger partial charge is 0.248 e. The van der Waals surface area contributed by atoms with E-state index in [0.717, 1.165) is 48.6 Å². The van der Waals surface area contributed by atoms with Gasteiger partial charge in [0.15, 0.2) is 0 Å². The molecule has 1 atom stereocenters. The first kappa shape index (κ1) is 28.1. The molecular weight excluding hydrogens is 549 g/mol. The Hall–Kier alpha value is -5.06. The summed E-state index contributed by atoms with van der Waals surface area (Å²) in [6, 6.07) is 17.5. The van der Waals surface area contributed by atoms with Crippen LogP contribution in [0.4, 0.5) is 10.1 Å². The van der Waals surface area contributed by atoms with Crippen LogP contribution in [-0.2, 0) is 16.0 Å². The van der Waals surface area contributed by atoms with Gasteiger partial charge in [0.05, 0.1) is 13.5 Å². The molecule has 1 unspecified atom stereocenters. The van der Waals surface area contributed by atoms with E-state index in [0.29, 0.717) is 17.1 Å². The Labute approximate surface area is 247 Å². The molecule has 0 bridgehead atoms. The molecule has 3 aromatic carbocycles. The van der Waals surface area contributed by atoms with Crippen LogP contribution in [0.15, 0.2) is 79.3 Å². The van der Waals surface area contributed by atoms with Gasteiger partial charge in [0.1, 0.15) is 29.6 Å². The average Bonchev–Trinajstić information content (AvgIpc) is 3.71. The highest BCUT2D eigenvalue weighted by Crippen LogP contribution is 2.35. The Morgan fingerprint density at radius 2 is 1.88 bits per heavy atom. The lowest BCUT2D eigenvalue weighted by atomic mass is 9.94. The fourth-order valence-electron chi connectivity index (χ4n) is 5.86. The molecule has 1 fully saturated rings. The third-order valence-electron chi connectivity index (χ3n) is 7.98. The molecule has 1 aliphatic rings. The van der Waals surface area contributed by atoms with E-state index < -0.39 is 17.8 Å². The maximum Gasteiger partial charge on any atom is 0.248 e. The lowest BCUT2D eigenvalue weighted by Gasteiger charge is -2.34. The van der Waals surface area contributed by atoms with E-state index in [9.17, 15) is 9.59 Å². The van der Waals surface area contributed by atoms with Crippen molar-refractivity contribution >= 4 is 28.4 Å². The van der Waals surface area contributed by atoms with E-state index in [-0.39, 0.29) is 23.9 Å². The molecule has 1 saturated carbocycles. The van der Waals surface area contributed by atoms with Crippen molar-refractivity contribution in [2.45, 2.75) is 50.6 Å². The molecule has 0 saturated heterocycles. The van der Waals surface area contributed by atoms with Gasteiger partial charge in [-0.3, -0.25) is 14.5 Å². The van der Waals surface area contributed by atoms with Gasteiger partial charge in [0.25, 0.3) is 0 Å². The topological polar surface area (TPSA) is 118 Å². The summed E-state index contributed by atoms with van der Waals surface area (Å²) in [5.74, 6) is -1.02. The Balaban J connectivity index is 1.47. The molecule has 5 aromatic rings. The second-order valence-corrected chi connectivity index (χ2v) is 10.7. The predicted molar refractivity (Wildman–Crippen MR) is 159 cm³/mol. The number of benzene rings is 3. The summed E-state index contributed by atoms with van der Waals surface area (Å²) in [7, 11) is 1.50. The summed E-state index contributed by atoms with van der Waals surface area (Å²) in [4.78, 5) is 33.2. The third kappa shape index (κ3) is 5.83. The molecule has 2 amide bonds. The molecule has 0 aliphatic heterocycles. The molecule has 0 radical (unpaired) electrons. The number of hydrogen-bond donors (Lipinski definition) is 2. The van der Waals surface area contributed by atoms with Crippen molar-refractivity contribution in [3.8, 4) is 11.4 Å². The Kier molecular flexibility index (Phi) is 8.12. The standard InChI is InChI=1S/C32H32FN7O3/c1-43-29-18-23(15-16-28(29)39-20-35-37-38-39)40(30(41)17-21-19-34-27-14-8-6-11-24(21)27)31(25-12-5-7-13-26(25)33)32(42)36-22-9-3-2-4-10-22/h5-8,11-16,18-20,22,31,34H,2-4,9-10,17H2,1H3,(H,36,42). The van der Waals surface area contributed by atoms with Crippen molar-refractivity contribution in [2.75, 3.05) is 12.0 Å². The zero-order valence-corrected chi connectivity index (χ0v) is 23.7. The van der Waals surface area contributed by atoms with Crippen LogP contribution >= 0.6 is 0 Å². The number of amides is 2.